The van der Waals surface area contributed by atoms with Crippen molar-refractivity contribution in [3.63, 3.8) is 0 Å². The maximum absolute atomic E-state index is 10.5. The molecule has 0 spiro atoms. The van der Waals surface area contributed by atoms with Gasteiger partial charge in [0.05, 0.1) is 11.9 Å². The summed E-state index contributed by atoms with van der Waals surface area (Å²) in [5, 5.41) is 21.0. The molecule has 0 aliphatic heterocycles. The van der Waals surface area contributed by atoms with Crippen LogP contribution in [-0.4, -0.2) is 11.9 Å². The minimum absolute atomic E-state index is 0. The zero-order valence-electron chi connectivity index (χ0n) is 16.4. The topological polar surface area (TPSA) is 80.3 Å². The van der Waals surface area contributed by atoms with Crippen LogP contribution in [0.1, 0.15) is 27.7 Å². The van der Waals surface area contributed by atoms with Gasteiger partial charge in [-0.2, -0.15) is 0 Å². The molecule has 0 unspecified atom stereocenters. The van der Waals surface area contributed by atoms with E-state index in [0.717, 1.165) is 11.1 Å². The zero-order chi connectivity index (χ0) is 18.5. The van der Waals surface area contributed by atoms with E-state index >= 15 is 0 Å². The minimum atomic E-state index is -1.18. The Morgan fingerprint density at radius 2 is 0.885 bits per heavy atom. The van der Waals surface area contributed by atoms with Gasteiger partial charge in [0.2, 0.25) is 0 Å². The van der Waals surface area contributed by atoms with E-state index in [9.17, 15) is 19.8 Å². The van der Waals surface area contributed by atoms with Gasteiger partial charge in [-0.15, -0.1) is 0 Å². The van der Waals surface area contributed by atoms with Gasteiger partial charge in [-0.25, -0.2) is 0 Å². The van der Waals surface area contributed by atoms with E-state index in [-0.39, 0.29) is 70.3 Å². The molecular weight excluding hydrogens is 350 g/mol. The van der Waals surface area contributed by atoms with Gasteiger partial charge in [0.15, 0.2) is 0 Å². The van der Waals surface area contributed by atoms with Gasteiger partial charge in [0.25, 0.3) is 0 Å². The predicted octanol–water partition coefficient (Wildman–Crippen LogP) is -4.05. The van der Waals surface area contributed by atoms with E-state index in [1.54, 1.807) is 24.3 Å². The van der Waals surface area contributed by atoms with Gasteiger partial charge in [0, 0.05) is 0 Å². The minimum Gasteiger partial charge on any atom is -0.545 e. The van der Waals surface area contributed by atoms with Crippen LogP contribution in [-0.2, 0) is 9.59 Å². The van der Waals surface area contributed by atoms with E-state index in [1.807, 2.05) is 38.2 Å². The Bertz CT molecular complexity index is 618. The van der Waals surface area contributed by atoms with Crippen molar-refractivity contribution >= 4 is 11.9 Å². The van der Waals surface area contributed by atoms with Crippen LogP contribution in [0, 0.1) is 0 Å². The fourth-order valence-electron chi connectivity index (χ4n) is 1.35. The van der Waals surface area contributed by atoms with Gasteiger partial charge in [-0.05, 0) is 38.8 Å². The van der Waals surface area contributed by atoms with E-state index in [1.165, 1.54) is 26.0 Å². The molecule has 0 aromatic rings. The van der Waals surface area contributed by atoms with E-state index in [2.05, 4.69) is 0 Å². The van der Waals surface area contributed by atoms with Gasteiger partial charge in [0.1, 0.15) is 0 Å². The molecule has 0 aromatic carbocycles. The smallest absolute Gasteiger partial charge is 0.545 e. The molecule has 0 atom stereocenters. The molecule has 0 aliphatic carbocycles. The summed E-state index contributed by atoms with van der Waals surface area (Å²) in [6, 6.07) is 0. The summed E-state index contributed by atoms with van der Waals surface area (Å²) in [7, 11) is 0. The molecule has 6 heteroatoms. The van der Waals surface area contributed by atoms with Crippen LogP contribution in [0.3, 0.4) is 0 Å². The largest absolute Gasteiger partial charge is 1.00 e. The van der Waals surface area contributed by atoms with Gasteiger partial charge >= 0.3 is 59.1 Å². The number of carboxylic acid groups (broad SMARTS) is 2. The normalized spacial score (nSPS) is 13.8. The summed E-state index contributed by atoms with van der Waals surface area (Å²) in [5.41, 5.74) is 2.26. The summed E-state index contributed by atoms with van der Waals surface area (Å²) >= 11 is 0. The number of hydrogen-bond donors (Lipinski definition) is 0. The fraction of sp³-hybridized carbons (Fsp3) is 0.200. The first-order valence-electron chi connectivity index (χ1n) is 7.38. The monoisotopic (exact) mass is 372 g/mol. The third-order valence-corrected chi connectivity index (χ3v) is 2.88. The summed E-state index contributed by atoms with van der Waals surface area (Å²) < 4.78 is 0. The second kappa shape index (κ2) is 17.5. The van der Waals surface area contributed by atoms with Gasteiger partial charge in [-0.1, -0.05) is 71.9 Å². The Hall–Kier alpha value is -0.880. The van der Waals surface area contributed by atoms with Crippen LogP contribution in [0.25, 0.3) is 0 Å². The molecule has 0 aromatic heterocycles. The molecule has 0 N–H and O–H groups in total. The molecule has 128 valence electrons. The fourth-order valence-corrected chi connectivity index (χ4v) is 1.35. The maximum atomic E-state index is 10.5. The van der Waals surface area contributed by atoms with Gasteiger partial charge in [-0.3, -0.25) is 0 Å². The molecule has 0 rings (SSSR count). The Labute approximate surface area is 200 Å². The summed E-state index contributed by atoms with van der Waals surface area (Å²) in [6.07, 6.45) is 17.3. The number of allylic oxidation sites excluding steroid dienone is 12. The van der Waals surface area contributed by atoms with Crippen molar-refractivity contribution in [1.29, 1.82) is 0 Å². The van der Waals surface area contributed by atoms with Crippen molar-refractivity contribution in [2.24, 2.45) is 0 Å². The van der Waals surface area contributed by atoms with E-state index in [0.29, 0.717) is 0 Å². The van der Waals surface area contributed by atoms with E-state index < -0.39 is 11.9 Å². The van der Waals surface area contributed by atoms with Crippen molar-refractivity contribution in [3.05, 3.63) is 83.1 Å². The van der Waals surface area contributed by atoms with Crippen LogP contribution < -0.4 is 69.3 Å². The molecule has 0 saturated carbocycles. The van der Waals surface area contributed by atoms with Crippen molar-refractivity contribution in [2.75, 3.05) is 0 Å². The maximum Gasteiger partial charge on any atom is 1.00 e. The second-order valence-electron chi connectivity index (χ2n) is 5.20. The first-order valence-corrected chi connectivity index (χ1v) is 7.38. The average Bonchev–Trinajstić information content (AvgIpc) is 2.51. The number of rotatable bonds is 8. The number of aliphatic carboxylic acids is 2. The molecule has 0 fully saturated rings. The quantitative estimate of drug-likeness (QED) is 0.247. The predicted molar refractivity (Wildman–Crippen MR) is 92.5 cm³/mol. The Kier molecular flexibility index (Phi) is 20.1. The summed E-state index contributed by atoms with van der Waals surface area (Å²) in [5.74, 6) is -2.36. The molecule has 4 nitrogen and oxygen atoms in total. The van der Waals surface area contributed by atoms with Gasteiger partial charge < -0.3 is 19.8 Å². The van der Waals surface area contributed by atoms with Crippen LogP contribution in [0.4, 0.5) is 0 Å². The Morgan fingerprint density at radius 3 is 1.15 bits per heavy atom. The first-order chi connectivity index (χ1) is 11.2. The summed E-state index contributed by atoms with van der Waals surface area (Å²) in [6.45, 7) is 6.74. The summed E-state index contributed by atoms with van der Waals surface area (Å²) in [4.78, 5) is 21.0. The molecule has 0 radical (unpaired) electrons. The number of carbonyl (C=O) groups excluding carboxylic acids is 2. The van der Waals surface area contributed by atoms with Crippen LogP contribution >= 0.6 is 0 Å². The van der Waals surface area contributed by atoms with Crippen LogP contribution in [0.15, 0.2) is 83.1 Å². The molecule has 0 bridgehead atoms. The number of carboxylic acids is 2. The molecule has 0 heterocycles. The van der Waals surface area contributed by atoms with Crippen molar-refractivity contribution < 1.29 is 78.9 Å². The standard InChI is InChI=1S/C20H24O4.2Na/c1-15(11-7-13-17(3)19(21)22)9-5-6-10-16(2)12-8-14-18(4)20(23)24;;/h5-14H,1-4H3,(H,21,22)(H,23,24);;/q;2*+1/p-2/b6-5?,11-7+,12-8?,15-9?,16-10?,17-13+,18-14?;;. The molecule has 0 amide bonds. The third-order valence-electron chi connectivity index (χ3n) is 2.88. The molecule has 0 aliphatic rings. The SMILES string of the molecule is CC(C=CC=C(C)C(=O)[O-])=CC=CC=C(C)/C=C/C=C(\C)C(=O)[O-].[Na+].[Na+]. The van der Waals surface area contributed by atoms with Crippen LogP contribution in [0.5, 0.6) is 0 Å². The third kappa shape index (κ3) is 16.6. The molecular formula is C20H22Na2O4. The van der Waals surface area contributed by atoms with Crippen molar-refractivity contribution in [1.82, 2.24) is 0 Å². The first kappa shape index (κ1) is 29.9. The Morgan fingerprint density at radius 1 is 0.577 bits per heavy atom. The van der Waals surface area contributed by atoms with Crippen molar-refractivity contribution in [3.8, 4) is 0 Å². The number of carbonyl (C=O) groups is 2. The van der Waals surface area contributed by atoms with Crippen molar-refractivity contribution in [2.45, 2.75) is 27.7 Å². The van der Waals surface area contributed by atoms with Crippen LogP contribution in [0.2, 0.25) is 0 Å². The second-order valence-corrected chi connectivity index (χ2v) is 5.20. The van der Waals surface area contributed by atoms with E-state index in [4.69, 9.17) is 0 Å². The average molecular weight is 372 g/mol. The number of hydrogen-bond acceptors (Lipinski definition) is 4. The Balaban J connectivity index is -0.00000264. The molecule has 26 heavy (non-hydrogen) atoms. The molecule has 0 saturated heterocycles. The zero-order valence-corrected chi connectivity index (χ0v) is 20.4.